The van der Waals surface area contributed by atoms with Gasteiger partial charge in [0.1, 0.15) is 0 Å². The van der Waals surface area contributed by atoms with Crippen LogP contribution >= 0.6 is 0 Å². The SMILES string of the molecule is CS(=NC(=O)c1ccccc1)c1cccnc1. The Kier molecular flexibility index (Phi) is 3.77. The van der Waals surface area contributed by atoms with Crippen LogP contribution in [0.5, 0.6) is 0 Å². The second kappa shape index (κ2) is 5.50. The smallest absolute Gasteiger partial charge is 0.266 e. The van der Waals surface area contributed by atoms with Crippen LogP contribution in [0, 0.1) is 0 Å². The van der Waals surface area contributed by atoms with Crippen LogP contribution in [-0.2, 0) is 10.7 Å². The number of hydrogen-bond donors (Lipinski definition) is 0. The number of benzene rings is 1. The molecule has 0 aliphatic carbocycles. The van der Waals surface area contributed by atoms with Crippen molar-refractivity contribution in [2.75, 3.05) is 6.26 Å². The summed E-state index contributed by atoms with van der Waals surface area (Å²) in [4.78, 5) is 16.8. The average Bonchev–Trinajstić information content (AvgIpc) is 2.40. The summed E-state index contributed by atoms with van der Waals surface area (Å²) in [5.74, 6) is -0.180. The predicted molar refractivity (Wildman–Crippen MR) is 69.0 cm³/mol. The first-order valence-electron chi connectivity index (χ1n) is 5.14. The minimum absolute atomic E-state index is 0.180. The summed E-state index contributed by atoms with van der Waals surface area (Å²) in [6.07, 6.45) is 5.36. The lowest BCUT2D eigenvalue weighted by Crippen LogP contribution is -1.98. The molecular weight excluding hydrogens is 232 g/mol. The molecule has 0 N–H and O–H groups in total. The molecule has 1 atom stereocenters. The molecule has 1 aromatic heterocycles. The van der Waals surface area contributed by atoms with Crippen molar-refractivity contribution in [1.82, 2.24) is 4.98 Å². The van der Waals surface area contributed by atoms with Crippen LogP contribution in [0.3, 0.4) is 0 Å². The molecule has 1 unspecified atom stereocenters. The highest BCUT2D eigenvalue weighted by Gasteiger charge is 2.03. The molecule has 0 saturated heterocycles. The molecule has 2 aromatic rings. The maximum Gasteiger partial charge on any atom is 0.283 e. The van der Waals surface area contributed by atoms with Gasteiger partial charge in [0, 0.05) is 22.9 Å². The van der Waals surface area contributed by atoms with Crippen molar-refractivity contribution in [2.45, 2.75) is 4.90 Å². The Morgan fingerprint density at radius 3 is 2.59 bits per heavy atom. The second-order valence-electron chi connectivity index (χ2n) is 3.43. The third kappa shape index (κ3) is 3.07. The highest BCUT2D eigenvalue weighted by Crippen LogP contribution is 2.07. The van der Waals surface area contributed by atoms with Crippen LogP contribution in [0.25, 0.3) is 0 Å². The minimum Gasteiger partial charge on any atom is -0.266 e. The van der Waals surface area contributed by atoms with E-state index in [-0.39, 0.29) is 5.91 Å². The number of pyridine rings is 1. The van der Waals surface area contributed by atoms with E-state index in [1.54, 1.807) is 24.5 Å². The monoisotopic (exact) mass is 244 g/mol. The first kappa shape index (κ1) is 11.7. The zero-order valence-corrected chi connectivity index (χ0v) is 10.2. The molecule has 86 valence electrons. The van der Waals surface area contributed by atoms with Gasteiger partial charge >= 0.3 is 0 Å². The quantitative estimate of drug-likeness (QED) is 0.815. The van der Waals surface area contributed by atoms with E-state index in [0.717, 1.165) is 4.90 Å². The summed E-state index contributed by atoms with van der Waals surface area (Å²) in [6, 6.07) is 12.9. The Morgan fingerprint density at radius 2 is 1.94 bits per heavy atom. The standard InChI is InChI=1S/C13H12N2OS/c1-17(12-8-5-9-14-10-12)15-13(16)11-6-3-2-4-7-11/h2-10H,1H3. The first-order chi connectivity index (χ1) is 8.27. The van der Waals surface area contributed by atoms with E-state index in [9.17, 15) is 4.79 Å². The van der Waals surface area contributed by atoms with Gasteiger partial charge in [-0.05, 0) is 30.5 Å². The third-order valence-electron chi connectivity index (χ3n) is 2.22. The number of carbonyl (C=O) groups excluding carboxylic acids is 1. The van der Waals surface area contributed by atoms with Crippen molar-refractivity contribution in [3.05, 3.63) is 60.4 Å². The van der Waals surface area contributed by atoms with Gasteiger partial charge in [0.15, 0.2) is 0 Å². The number of rotatable bonds is 2. The van der Waals surface area contributed by atoms with Gasteiger partial charge in [-0.3, -0.25) is 9.78 Å². The number of aromatic nitrogens is 1. The fourth-order valence-electron chi connectivity index (χ4n) is 1.33. The molecule has 1 aromatic carbocycles. The summed E-state index contributed by atoms with van der Waals surface area (Å²) in [5.41, 5.74) is 0.621. The normalized spacial score (nSPS) is 12.3. The Balaban J connectivity index is 2.24. The van der Waals surface area contributed by atoms with Crippen LogP contribution in [0.4, 0.5) is 0 Å². The molecule has 0 bridgehead atoms. The van der Waals surface area contributed by atoms with E-state index in [1.807, 2.05) is 36.6 Å². The zero-order chi connectivity index (χ0) is 12.1. The van der Waals surface area contributed by atoms with Crippen molar-refractivity contribution in [3.63, 3.8) is 0 Å². The predicted octanol–water partition coefficient (Wildman–Crippen LogP) is 2.71. The summed E-state index contributed by atoms with van der Waals surface area (Å²) >= 11 is 0. The van der Waals surface area contributed by atoms with Gasteiger partial charge in [-0.15, -0.1) is 0 Å². The molecular formula is C13H12N2OS. The average molecular weight is 244 g/mol. The van der Waals surface area contributed by atoms with Gasteiger partial charge in [-0.2, -0.15) is 4.36 Å². The number of nitrogens with zero attached hydrogens (tertiary/aromatic N) is 2. The van der Waals surface area contributed by atoms with Crippen molar-refractivity contribution in [2.24, 2.45) is 4.36 Å². The second-order valence-corrected chi connectivity index (χ2v) is 5.04. The molecule has 3 nitrogen and oxygen atoms in total. The third-order valence-corrected chi connectivity index (χ3v) is 3.58. The fourth-order valence-corrected chi connectivity index (χ4v) is 2.28. The van der Waals surface area contributed by atoms with Gasteiger partial charge < -0.3 is 0 Å². The number of hydrogen-bond acceptors (Lipinski definition) is 2. The molecule has 0 radical (unpaired) electrons. The maximum atomic E-state index is 11.8. The van der Waals surface area contributed by atoms with E-state index < -0.39 is 10.7 Å². The maximum absolute atomic E-state index is 11.8. The van der Waals surface area contributed by atoms with Crippen molar-refractivity contribution < 1.29 is 4.79 Å². The lowest BCUT2D eigenvalue weighted by molar-refractivity contribution is 0.101. The highest BCUT2D eigenvalue weighted by molar-refractivity contribution is 7.87. The summed E-state index contributed by atoms with van der Waals surface area (Å²) < 4.78 is 4.17. The van der Waals surface area contributed by atoms with Crippen LogP contribution in [-0.4, -0.2) is 17.1 Å². The molecule has 0 saturated carbocycles. The van der Waals surface area contributed by atoms with E-state index in [0.29, 0.717) is 5.56 Å². The van der Waals surface area contributed by atoms with Gasteiger partial charge in [0.25, 0.3) is 5.91 Å². The summed E-state index contributed by atoms with van der Waals surface area (Å²) in [5, 5.41) is 0. The number of carbonyl (C=O) groups is 1. The zero-order valence-electron chi connectivity index (χ0n) is 9.41. The molecule has 17 heavy (non-hydrogen) atoms. The van der Waals surface area contributed by atoms with Gasteiger partial charge in [0.2, 0.25) is 0 Å². The van der Waals surface area contributed by atoms with E-state index >= 15 is 0 Å². The molecule has 0 fully saturated rings. The molecule has 4 heteroatoms. The Morgan fingerprint density at radius 1 is 1.18 bits per heavy atom. The molecule has 2 rings (SSSR count). The molecule has 1 amide bonds. The topological polar surface area (TPSA) is 42.3 Å². The van der Waals surface area contributed by atoms with Gasteiger partial charge in [-0.1, -0.05) is 28.9 Å². The molecule has 0 aliphatic heterocycles. The fraction of sp³-hybridized carbons (Fsp3) is 0.0769. The lowest BCUT2D eigenvalue weighted by atomic mass is 10.2. The van der Waals surface area contributed by atoms with Crippen LogP contribution in [0.15, 0.2) is 64.1 Å². The lowest BCUT2D eigenvalue weighted by Gasteiger charge is -2.00. The van der Waals surface area contributed by atoms with E-state index in [2.05, 4.69) is 9.35 Å². The van der Waals surface area contributed by atoms with Crippen LogP contribution in [0.1, 0.15) is 10.4 Å². The van der Waals surface area contributed by atoms with Crippen LogP contribution < -0.4 is 0 Å². The van der Waals surface area contributed by atoms with Crippen molar-refractivity contribution in [1.29, 1.82) is 0 Å². The largest absolute Gasteiger partial charge is 0.283 e. The van der Waals surface area contributed by atoms with Gasteiger partial charge in [-0.25, -0.2) is 0 Å². The van der Waals surface area contributed by atoms with E-state index in [4.69, 9.17) is 0 Å². The van der Waals surface area contributed by atoms with Crippen LogP contribution in [0.2, 0.25) is 0 Å². The first-order valence-corrected chi connectivity index (χ1v) is 6.73. The molecule has 1 heterocycles. The molecule has 0 spiro atoms. The Labute approximate surface area is 103 Å². The minimum atomic E-state index is -0.451. The molecule has 0 aliphatic rings. The number of amides is 1. The Hall–Kier alpha value is -1.81. The van der Waals surface area contributed by atoms with E-state index in [1.165, 1.54) is 0 Å². The van der Waals surface area contributed by atoms with Crippen molar-refractivity contribution >= 4 is 16.6 Å². The van der Waals surface area contributed by atoms with Crippen molar-refractivity contribution in [3.8, 4) is 0 Å². The summed E-state index contributed by atoms with van der Waals surface area (Å²) in [6.45, 7) is 0. The summed E-state index contributed by atoms with van der Waals surface area (Å²) in [7, 11) is -0.451. The highest BCUT2D eigenvalue weighted by atomic mass is 32.2. The Bertz CT molecular complexity index is 538. The van der Waals surface area contributed by atoms with Gasteiger partial charge in [0.05, 0.1) is 0 Å².